The van der Waals surface area contributed by atoms with Gasteiger partial charge in [0.25, 0.3) is 0 Å². The van der Waals surface area contributed by atoms with Crippen LogP contribution in [0.2, 0.25) is 0 Å². The van der Waals surface area contributed by atoms with Gasteiger partial charge in [-0.05, 0) is 6.08 Å². The number of rotatable bonds is 3. The Balaban J connectivity index is 0. The van der Waals surface area contributed by atoms with Crippen LogP contribution in [0.25, 0.3) is 0 Å². The molecule has 0 fully saturated rings. The summed E-state index contributed by atoms with van der Waals surface area (Å²) in [5, 5.41) is 0. The van der Waals surface area contributed by atoms with E-state index in [1.807, 2.05) is 0 Å². The lowest BCUT2D eigenvalue weighted by Crippen LogP contribution is -1.59. The van der Waals surface area contributed by atoms with Crippen molar-refractivity contribution in [2.24, 2.45) is 0 Å². The predicted molar refractivity (Wildman–Crippen MR) is 49.1 cm³/mol. The summed E-state index contributed by atoms with van der Waals surface area (Å²) in [5.41, 5.74) is 2.52. The van der Waals surface area contributed by atoms with E-state index in [-0.39, 0.29) is 0 Å². The maximum Gasteiger partial charge on any atom is -0.0212 e. The molecular weight excluding hydrogens is 120 g/mol. The molecule has 0 nitrogen and oxygen atoms in total. The quantitative estimate of drug-likeness (QED) is 0.412. The molecule has 0 amide bonds. The lowest BCUT2D eigenvalue weighted by Gasteiger charge is -1.79. The van der Waals surface area contributed by atoms with Crippen LogP contribution in [0.15, 0.2) is 31.0 Å². The predicted octanol–water partition coefficient (Wildman–Crippen LogP) is 3.71. The maximum absolute atomic E-state index is 3.39. The van der Waals surface area contributed by atoms with Crippen molar-refractivity contribution in [3.63, 3.8) is 0 Å². The largest absolute Gasteiger partial charge is 0.129 e. The lowest BCUT2D eigenvalue weighted by molar-refractivity contribution is 0.772. The average Bonchev–Trinajstić information content (AvgIpc) is 1.93. The van der Waals surface area contributed by atoms with Gasteiger partial charge in [0.15, 0.2) is 0 Å². The molecule has 0 spiro atoms. The zero-order valence-electron chi connectivity index (χ0n) is 7.19. The number of hydrogen-bond acceptors (Lipinski definition) is 0. The van der Waals surface area contributed by atoms with Crippen LogP contribution < -0.4 is 0 Å². The molecule has 0 rings (SSSR count). The standard InChI is InChI=1S/C5H12.C5H6/c2*1-3-5-4-2/h3-5H2,1-2H3;3,5H,1-2H2. The van der Waals surface area contributed by atoms with E-state index < -0.39 is 0 Å². The van der Waals surface area contributed by atoms with Gasteiger partial charge in [0.1, 0.15) is 0 Å². The second kappa shape index (κ2) is 15.7. The van der Waals surface area contributed by atoms with Crippen LogP contribution in [0.5, 0.6) is 0 Å². The molecule has 58 valence electrons. The van der Waals surface area contributed by atoms with E-state index in [9.17, 15) is 0 Å². The highest BCUT2D eigenvalue weighted by Crippen LogP contribution is 1.88. The molecule has 0 aromatic rings. The van der Waals surface area contributed by atoms with Gasteiger partial charge in [0.2, 0.25) is 0 Å². The van der Waals surface area contributed by atoms with Crippen molar-refractivity contribution < 1.29 is 0 Å². The first-order chi connectivity index (χ1) is 4.83. The topological polar surface area (TPSA) is 0 Å². The van der Waals surface area contributed by atoms with Crippen LogP contribution in [0, 0.1) is 0 Å². The Labute approximate surface area is 65.0 Å². The van der Waals surface area contributed by atoms with Crippen molar-refractivity contribution in [3.05, 3.63) is 31.0 Å². The third kappa shape index (κ3) is 26.8. The van der Waals surface area contributed by atoms with Gasteiger partial charge in [-0.25, -0.2) is 0 Å². The minimum absolute atomic E-state index is 1.34. The molecular formula is C10H18. The van der Waals surface area contributed by atoms with Crippen LogP contribution in [0.4, 0.5) is 0 Å². The van der Waals surface area contributed by atoms with Crippen molar-refractivity contribution in [1.29, 1.82) is 0 Å². The molecule has 0 aliphatic rings. The van der Waals surface area contributed by atoms with E-state index in [4.69, 9.17) is 0 Å². The fourth-order valence-corrected chi connectivity index (χ4v) is 0.437. The molecule has 0 heterocycles. The molecule has 0 aromatic heterocycles. The summed E-state index contributed by atoms with van der Waals surface area (Å²) < 4.78 is 0. The van der Waals surface area contributed by atoms with Gasteiger partial charge < -0.3 is 0 Å². The Morgan fingerprint density at radius 1 is 1.30 bits per heavy atom. The van der Waals surface area contributed by atoms with E-state index in [0.717, 1.165) is 0 Å². The summed E-state index contributed by atoms with van der Waals surface area (Å²) in [6.07, 6.45) is 7.36. The Morgan fingerprint density at radius 3 is 1.80 bits per heavy atom. The highest BCUT2D eigenvalue weighted by atomic mass is 13.7. The second-order valence-electron chi connectivity index (χ2n) is 1.96. The van der Waals surface area contributed by atoms with Gasteiger partial charge in [0.05, 0.1) is 0 Å². The van der Waals surface area contributed by atoms with E-state index in [0.29, 0.717) is 0 Å². The Bertz CT molecular complexity index is 92.6. The number of unbranched alkanes of at least 4 members (excludes halogenated alkanes) is 2. The first kappa shape index (κ1) is 12.0. The normalized spacial score (nSPS) is 6.60. The molecule has 0 aliphatic heterocycles. The highest BCUT2D eigenvalue weighted by molar-refractivity contribution is 4.93. The average molecular weight is 138 g/mol. The molecule has 0 aromatic carbocycles. The third-order valence-corrected chi connectivity index (χ3v) is 0.943. The molecule has 0 unspecified atom stereocenters. The summed E-state index contributed by atoms with van der Waals surface area (Å²) in [6, 6.07) is 0. The van der Waals surface area contributed by atoms with Crippen LogP contribution >= 0.6 is 0 Å². The summed E-state index contributed by atoms with van der Waals surface area (Å²) in [4.78, 5) is 0. The van der Waals surface area contributed by atoms with Gasteiger partial charge in [-0.1, -0.05) is 52.3 Å². The molecule has 0 N–H and O–H groups in total. The van der Waals surface area contributed by atoms with Crippen molar-refractivity contribution in [2.45, 2.75) is 33.1 Å². The molecule has 0 bridgehead atoms. The Hall–Kier alpha value is -0.740. The summed E-state index contributed by atoms with van der Waals surface area (Å²) >= 11 is 0. The molecule has 0 radical (unpaired) electrons. The van der Waals surface area contributed by atoms with E-state index >= 15 is 0 Å². The van der Waals surface area contributed by atoms with Crippen molar-refractivity contribution in [3.8, 4) is 0 Å². The highest BCUT2D eigenvalue weighted by Gasteiger charge is 1.68. The minimum Gasteiger partial charge on any atom is -0.129 e. The fraction of sp³-hybridized carbons (Fsp3) is 0.500. The van der Waals surface area contributed by atoms with Crippen LogP contribution in [-0.2, 0) is 0 Å². The second-order valence-corrected chi connectivity index (χ2v) is 1.96. The van der Waals surface area contributed by atoms with Crippen LogP contribution in [0.1, 0.15) is 33.1 Å². The maximum atomic E-state index is 3.39. The van der Waals surface area contributed by atoms with Gasteiger partial charge >= 0.3 is 0 Å². The van der Waals surface area contributed by atoms with Gasteiger partial charge in [-0.2, -0.15) is 0 Å². The summed E-state index contributed by atoms with van der Waals surface area (Å²) in [6.45, 7) is 11.1. The number of allylic oxidation sites excluding steroid dienone is 2. The van der Waals surface area contributed by atoms with E-state index in [1.54, 1.807) is 12.2 Å². The molecule has 0 saturated carbocycles. The summed E-state index contributed by atoms with van der Waals surface area (Å²) in [7, 11) is 0. The van der Waals surface area contributed by atoms with Gasteiger partial charge in [-0.3, -0.25) is 0 Å². The van der Waals surface area contributed by atoms with E-state index in [2.05, 4.69) is 32.7 Å². The molecule has 10 heavy (non-hydrogen) atoms. The smallest absolute Gasteiger partial charge is 0.0212 e. The van der Waals surface area contributed by atoms with Crippen molar-refractivity contribution in [1.82, 2.24) is 0 Å². The lowest BCUT2D eigenvalue weighted by atomic mass is 10.3. The minimum atomic E-state index is 1.34. The third-order valence-electron chi connectivity index (χ3n) is 0.943. The first-order valence-corrected chi connectivity index (χ1v) is 3.80. The molecule has 0 aliphatic carbocycles. The van der Waals surface area contributed by atoms with E-state index in [1.165, 1.54) is 19.3 Å². The fourth-order valence-electron chi connectivity index (χ4n) is 0.437. The zero-order valence-corrected chi connectivity index (χ0v) is 7.19. The zero-order chi connectivity index (χ0) is 8.24. The van der Waals surface area contributed by atoms with Gasteiger partial charge in [-0.15, -0.1) is 5.73 Å². The molecule has 0 saturated heterocycles. The van der Waals surface area contributed by atoms with Crippen molar-refractivity contribution >= 4 is 0 Å². The van der Waals surface area contributed by atoms with Gasteiger partial charge in [0, 0.05) is 0 Å². The Morgan fingerprint density at radius 2 is 1.80 bits per heavy atom. The monoisotopic (exact) mass is 138 g/mol. The first-order valence-electron chi connectivity index (χ1n) is 3.80. The SMILES string of the molecule is C=C=CC=C.CCCCC. The molecule has 0 heteroatoms. The molecule has 0 atom stereocenters. The van der Waals surface area contributed by atoms with Crippen LogP contribution in [-0.4, -0.2) is 0 Å². The summed E-state index contributed by atoms with van der Waals surface area (Å²) in [5.74, 6) is 0. The Kier molecular flexibility index (Phi) is 18.9. The van der Waals surface area contributed by atoms with Crippen molar-refractivity contribution in [2.75, 3.05) is 0 Å². The number of hydrogen-bond donors (Lipinski definition) is 0. The van der Waals surface area contributed by atoms with Crippen LogP contribution in [0.3, 0.4) is 0 Å².